The van der Waals surface area contributed by atoms with E-state index in [2.05, 4.69) is 17.6 Å². The minimum Gasteiger partial charge on any atom is -0.395 e. The molecule has 6 atom stereocenters. The van der Waals surface area contributed by atoms with Crippen LogP contribution in [-0.4, -0.2) is 63.5 Å². The average molecular weight is 480 g/mol. The number of aliphatic hydroxyl groups is 1. The van der Waals surface area contributed by atoms with Crippen molar-refractivity contribution >= 4 is 46.8 Å². The Bertz CT molecular complexity index is 924. The van der Waals surface area contributed by atoms with Crippen LogP contribution < -0.4 is 10.6 Å². The number of thioether (sulfide) groups is 1. The molecule has 3 heterocycles. The number of anilines is 1. The summed E-state index contributed by atoms with van der Waals surface area (Å²) in [5.41, 5.74) is 1.35. The SMILES string of the molecule is CCCNC(=O)[C@@H]1[C@@H]2CC(C)C3(S2)C(C(=O)Nc2c(C)cccc2Cl)N(CCO)C(=O)[C@H]13. The molecule has 174 valence electrons. The Kier molecular flexibility index (Phi) is 6.49. The number of rotatable bonds is 7. The number of nitrogens with zero attached hydrogens (tertiary/aromatic N) is 1. The fourth-order valence-electron chi connectivity index (χ4n) is 5.82. The highest BCUT2D eigenvalue weighted by Crippen LogP contribution is 2.68. The molecule has 4 rings (SSSR count). The molecule has 3 aliphatic rings. The van der Waals surface area contributed by atoms with E-state index in [9.17, 15) is 19.5 Å². The average Bonchev–Trinajstić information content (AvgIpc) is 3.33. The van der Waals surface area contributed by atoms with E-state index < -0.39 is 22.6 Å². The zero-order valence-electron chi connectivity index (χ0n) is 18.6. The van der Waals surface area contributed by atoms with Crippen LogP contribution in [0, 0.1) is 24.7 Å². The molecule has 0 saturated carbocycles. The molecule has 3 unspecified atom stereocenters. The van der Waals surface area contributed by atoms with Crippen LogP contribution in [-0.2, 0) is 14.4 Å². The third-order valence-electron chi connectivity index (χ3n) is 7.16. The molecule has 1 aromatic carbocycles. The van der Waals surface area contributed by atoms with Crippen LogP contribution in [0.15, 0.2) is 18.2 Å². The Morgan fingerprint density at radius 3 is 2.75 bits per heavy atom. The molecule has 32 heavy (non-hydrogen) atoms. The van der Waals surface area contributed by atoms with Crippen molar-refractivity contribution in [3.8, 4) is 0 Å². The maximum absolute atomic E-state index is 13.7. The number of carbonyl (C=O) groups is 3. The largest absolute Gasteiger partial charge is 0.395 e. The van der Waals surface area contributed by atoms with Crippen molar-refractivity contribution in [2.75, 3.05) is 25.0 Å². The summed E-state index contributed by atoms with van der Waals surface area (Å²) in [5.74, 6) is -1.60. The highest BCUT2D eigenvalue weighted by atomic mass is 35.5. The maximum atomic E-state index is 13.7. The molecular weight excluding hydrogens is 450 g/mol. The van der Waals surface area contributed by atoms with Crippen molar-refractivity contribution in [3.05, 3.63) is 28.8 Å². The molecule has 3 amide bonds. The molecule has 0 aliphatic carbocycles. The molecule has 0 aromatic heterocycles. The second-order valence-electron chi connectivity index (χ2n) is 9.02. The lowest BCUT2D eigenvalue weighted by Gasteiger charge is -2.38. The molecule has 7 nitrogen and oxygen atoms in total. The summed E-state index contributed by atoms with van der Waals surface area (Å²) in [4.78, 5) is 41.9. The number of fused-ring (bicyclic) bond motifs is 1. The van der Waals surface area contributed by atoms with Crippen molar-refractivity contribution in [1.29, 1.82) is 0 Å². The summed E-state index contributed by atoms with van der Waals surface area (Å²) in [7, 11) is 0. The minimum atomic E-state index is -0.781. The number of para-hydroxylation sites is 1. The van der Waals surface area contributed by atoms with Gasteiger partial charge in [0.25, 0.3) is 0 Å². The Morgan fingerprint density at radius 2 is 2.09 bits per heavy atom. The van der Waals surface area contributed by atoms with Gasteiger partial charge in [-0.3, -0.25) is 14.4 Å². The Hall–Kier alpha value is -1.77. The second kappa shape index (κ2) is 8.88. The number of β-amino-alcohol motifs (C(OH)–C–C–N with tert-alkyl or cyclic N) is 1. The molecule has 3 aliphatic heterocycles. The summed E-state index contributed by atoms with van der Waals surface area (Å²) in [6.45, 7) is 6.28. The first-order valence-electron chi connectivity index (χ1n) is 11.2. The Balaban J connectivity index is 1.72. The van der Waals surface area contributed by atoms with Gasteiger partial charge < -0.3 is 20.6 Å². The monoisotopic (exact) mass is 479 g/mol. The standard InChI is InChI=1S/C23H30ClN3O4S/c1-4-8-25-20(29)16-15-11-13(3)23(32-15)17(16)22(31)27(9-10-28)19(23)21(30)26-18-12(2)6-5-7-14(18)24/h5-7,13,15-17,19,28H,4,8-11H2,1-3H3,(H,25,29)(H,26,30)/t13?,15-,16+,17-,19?,23?/m0/s1. The van der Waals surface area contributed by atoms with Crippen molar-refractivity contribution in [3.63, 3.8) is 0 Å². The molecule has 1 aromatic rings. The third-order valence-corrected chi connectivity index (χ3v) is 9.55. The third kappa shape index (κ3) is 3.42. The van der Waals surface area contributed by atoms with E-state index in [1.807, 2.05) is 26.0 Å². The van der Waals surface area contributed by atoms with Crippen LogP contribution in [0.4, 0.5) is 5.69 Å². The number of likely N-dealkylation sites (tertiary alicyclic amines) is 1. The number of aliphatic hydroxyl groups excluding tert-OH is 1. The zero-order chi connectivity index (χ0) is 23.2. The van der Waals surface area contributed by atoms with Crippen LogP contribution >= 0.6 is 23.4 Å². The van der Waals surface area contributed by atoms with Gasteiger partial charge >= 0.3 is 0 Å². The quantitative estimate of drug-likeness (QED) is 0.558. The topological polar surface area (TPSA) is 98.7 Å². The van der Waals surface area contributed by atoms with Crippen molar-refractivity contribution in [2.24, 2.45) is 17.8 Å². The minimum absolute atomic E-state index is 0.00410. The summed E-state index contributed by atoms with van der Waals surface area (Å²) < 4.78 is -0.704. The smallest absolute Gasteiger partial charge is 0.248 e. The first-order valence-corrected chi connectivity index (χ1v) is 12.5. The molecule has 3 fully saturated rings. The number of amides is 3. The van der Waals surface area contributed by atoms with E-state index in [4.69, 9.17) is 11.6 Å². The van der Waals surface area contributed by atoms with E-state index in [-0.39, 0.29) is 42.0 Å². The van der Waals surface area contributed by atoms with Crippen LogP contribution in [0.3, 0.4) is 0 Å². The molecule has 3 N–H and O–H groups in total. The van der Waals surface area contributed by atoms with Gasteiger partial charge in [0, 0.05) is 18.3 Å². The molecule has 2 bridgehead atoms. The van der Waals surface area contributed by atoms with Gasteiger partial charge in [-0.1, -0.05) is 37.6 Å². The van der Waals surface area contributed by atoms with Gasteiger partial charge in [0.1, 0.15) is 6.04 Å². The fraction of sp³-hybridized carbons (Fsp3) is 0.609. The molecule has 1 spiro atoms. The summed E-state index contributed by atoms with van der Waals surface area (Å²) in [5, 5.41) is 16.0. The number of hydrogen-bond acceptors (Lipinski definition) is 5. The lowest BCUT2D eigenvalue weighted by atomic mass is 9.66. The van der Waals surface area contributed by atoms with Crippen molar-refractivity contribution < 1.29 is 19.5 Å². The van der Waals surface area contributed by atoms with E-state index in [1.54, 1.807) is 17.8 Å². The normalized spacial score (nSPS) is 32.8. The summed E-state index contributed by atoms with van der Waals surface area (Å²) >= 11 is 7.96. The van der Waals surface area contributed by atoms with Gasteiger partial charge in [-0.2, -0.15) is 0 Å². The Labute approximate surface area is 197 Å². The highest BCUT2D eigenvalue weighted by Gasteiger charge is 2.75. The number of halogens is 1. The van der Waals surface area contributed by atoms with Gasteiger partial charge in [-0.15, -0.1) is 11.8 Å². The predicted octanol–water partition coefficient (Wildman–Crippen LogP) is 2.44. The molecule has 3 saturated heterocycles. The van der Waals surface area contributed by atoms with E-state index in [0.29, 0.717) is 17.3 Å². The fourth-order valence-corrected chi connectivity index (χ4v) is 8.51. The Morgan fingerprint density at radius 1 is 1.34 bits per heavy atom. The van der Waals surface area contributed by atoms with Crippen molar-refractivity contribution in [1.82, 2.24) is 10.2 Å². The van der Waals surface area contributed by atoms with Crippen LogP contribution in [0.5, 0.6) is 0 Å². The lowest BCUT2D eigenvalue weighted by molar-refractivity contribution is -0.139. The molecular formula is C23H30ClN3O4S. The van der Waals surface area contributed by atoms with E-state index in [1.165, 1.54) is 4.90 Å². The number of hydrogen-bond donors (Lipinski definition) is 3. The van der Waals surface area contributed by atoms with Gasteiger partial charge in [0.05, 0.1) is 33.9 Å². The maximum Gasteiger partial charge on any atom is 0.248 e. The number of aryl methyl sites for hydroxylation is 1. The molecule has 0 radical (unpaired) electrons. The number of carbonyl (C=O) groups excluding carboxylic acids is 3. The lowest BCUT2D eigenvalue weighted by Crippen LogP contribution is -2.55. The van der Waals surface area contributed by atoms with Crippen LogP contribution in [0.25, 0.3) is 0 Å². The number of nitrogens with one attached hydrogen (secondary N) is 2. The summed E-state index contributed by atoms with van der Waals surface area (Å²) in [6.07, 6.45) is 1.59. The van der Waals surface area contributed by atoms with Crippen LogP contribution in [0.2, 0.25) is 5.02 Å². The first kappa shape index (κ1) is 23.4. The van der Waals surface area contributed by atoms with E-state index >= 15 is 0 Å². The van der Waals surface area contributed by atoms with Crippen molar-refractivity contribution in [2.45, 2.75) is 49.7 Å². The molecule has 9 heteroatoms. The van der Waals surface area contributed by atoms with E-state index in [0.717, 1.165) is 18.4 Å². The predicted molar refractivity (Wildman–Crippen MR) is 126 cm³/mol. The first-order chi connectivity index (χ1) is 15.3. The van der Waals surface area contributed by atoms with Crippen LogP contribution in [0.1, 0.15) is 32.3 Å². The van der Waals surface area contributed by atoms with Gasteiger partial charge in [-0.25, -0.2) is 0 Å². The van der Waals surface area contributed by atoms with Gasteiger partial charge in [-0.05, 0) is 37.3 Å². The highest BCUT2D eigenvalue weighted by molar-refractivity contribution is 8.02. The van der Waals surface area contributed by atoms with Gasteiger partial charge in [0.2, 0.25) is 17.7 Å². The van der Waals surface area contributed by atoms with Gasteiger partial charge in [0.15, 0.2) is 0 Å². The zero-order valence-corrected chi connectivity index (χ0v) is 20.1. The number of benzene rings is 1. The summed E-state index contributed by atoms with van der Waals surface area (Å²) in [6, 6.07) is 4.61. The second-order valence-corrected chi connectivity index (χ2v) is 11.0.